The van der Waals surface area contributed by atoms with Crippen LogP contribution in [0.4, 0.5) is 4.39 Å². The first kappa shape index (κ1) is 22.0. The van der Waals surface area contributed by atoms with Crippen LogP contribution in [0.2, 0.25) is 0 Å². The lowest BCUT2D eigenvalue weighted by Gasteiger charge is -2.22. The van der Waals surface area contributed by atoms with Crippen molar-refractivity contribution in [3.05, 3.63) is 35.1 Å². The highest BCUT2D eigenvalue weighted by Crippen LogP contribution is 2.34. The number of guanidine groups is 1. The maximum atomic E-state index is 13.7. The van der Waals surface area contributed by atoms with Crippen LogP contribution in [-0.2, 0) is 22.1 Å². The molecule has 2 saturated carbocycles. The van der Waals surface area contributed by atoms with Crippen LogP contribution in [0.15, 0.2) is 23.2 Å². The molecule has 0 unspecified atom stereocenters. The summed E-state index contributed by atoms with van der Waals surface area (Å²) >= 11 is 0. The average molecular weight is 425 g/mol. The first-order valence-corrected chi connectivity index (χ1v) is 12.6. The van der Waals surface area contributed by atoms with E-state index in [1.54, 1.807) is 0 Å². The molecule has 2 aliphatic rings. The zero-order chi connectivity index (χ0) is 20.9. The van der Waals surface area contributed by atoms with Crippen molar-refractivity contribution in [1.29, 1.82) is 0 Å². The zero-order valence-corrected chi connectivity index (χ0v) is 18.3. The number of hydrogen-bond acceptors (Lipinski definition) is 4. The zero-order valence-electron chi connectivity index (χ0n) is 17.5. The van der Waals surface area contributed by atoms with Gasteiger partial charge < -0.3 is 10.6 Å². The number of nitrogens with zero attached hydrogens (tertiary/aromatic N) is 2. The van der Waals surface area contributed by atoms with E-state index < -0.39 is 9.84 Å². The molecule has 8 heteroatoms. The van der Waals surface area contributed by atoms with Gasteiger partial charge in [0.25, 0.3) is 0 Å². The fraction of sp³-hybridized carbons (Fsp3) is 0.667. The number of nitrogens with one attached hydrogen (secondary N) is 2. The Labute approximate surface area is 173 Å². The fourth-order valence-corrected chi connectivity index (χ4v) is 4.33. The summed E-state index contributed by atoms with van der Waals surface area (Å²) < 4.78 is 37.0. The third-order valence-electron chi connectivity index (χ3n) is 5.28. The van der Waals surface area contributed by atoms with Gasteiger partial charge in [0.1, 0.15) is 5.82 Å². The Morgan fingerprint density at radius 3 is 2.59 bits per heavy atom. The molecule has 0 aliphatic heterocycles. The van der Waals surface area contributed by atoms with Gasteiger partial charge in [0.15, 0.2) is 15.8 Å². The van der Waals surface area contributed by atoms with E-state index in [0.29, 0.717) is 17.1 Å². The second-order valence-corrected chi connectivity index (χ2v) is 10.4. The van der Waals surface area contributed by atoms with Crippen molar-refractivity contribution in [2.45, 2.75) is 50.9 Å². The van der Waals surface area contributed by atoms with Gasteiger partial charge in [0.2, 0.25) is 0 Å². The van der Waals surface area contributed by atoms with Crippen LogP contribution in [-0.4, -0.2) is 57.8 Å². The summed E-state index contributed by atoms with van der Waals surface area (Å²) in [5.41, 5.74) is 1.19. The monoisotopic (exact) mass is 424 g/mol. The Morgan fingerprint density at radius 2 is 1.97 bits per heavy atom. The van der Waals surface area contributed by atoms with Gasteiger partial charge in [-0.05, 0) is 61.8 Å². The van der Waals surface area contributed by atoms with Gasteiger partial charge >= 0.3 is 0 Å². The summed E-state index contributed by atoms with van der Waals surface area (Å²) in [7, 11) is -3.20. The predicted octanol–water partition coefficient (Wildman–Crippen LogP) is 2.30. The van der Waals surface area contributed by atoms with Crippen LogP contribution >= 0.6 is 0 Å². The normalized spacial score (nSPS) is 17.6. The Hall–Kier alpha value is -1.67. The van der Waals surface area contributed by atoms with E-state index in [0.717, 1.165) is 31.6 Å². The minimum Gasteiger partial charge on any atom is -0.357 e. The number of rotatable bonds is 11. The molecule has 2 N–H and O–H groups in total. The molecule has 0 radical (unpaired) electrons. The first-order valence-electron chi connectivity index (χ1n) is 10.6. The van der Waals surface area contributed by atoms with Crippen molar-refractivity contribution in [2.24, 2.45) is 10.9 Å². The van der Waals surface area contributed by atoms with Crippen molar-refractivity contribution >= 4 is 15.8 Å². The van der Waals surface area contributed by atoms with Crippen molar-refractivity contribution in [3.8, 4) is 0 Å². The third kappa shape index (κ3) is 7.93. The standard InChI is InChI=1S/C21H33FN4O2S/c1-3-23-21(24-10-11-26(20-8-9-20)14-16-4-5-16)25-13-18-12-19(22)7-6-17(18)15-29(2,27)28/h6-7,12,16,20H,3-5,8-11,13-15H2,1-2H3,(H2,23,24,25). The van der Waals surface area contributed by atoms with Crippen molar-refractivity contribution in [3.63, 3.8) is 0 Å². The lowest BCUT2D eigenvalue weighted by atomic mass is 10.1. The molecule has 3 rings (SSSR count). The maximum Gasteiger partial charge on any atom is 0.191 e. The molecule has 1 aromatic rings. The maximum absolute atomic E-state index is 13.7. The fourth-order valence-electron chi connectivity index (χ4n) is 3.48. The largest absolute Gasteiger partial charge is 0.357 e. The van der Waals surface area contributed by atoms with Crippen molar-refractivity contribution in [2.75, 3.05) is 32.4 Å². The molecule has 1 aromatic carbocycles. The Morgan fingerprint density at radius 1 is 1.21 bits per heavy atom. The summed E-state index contributed by atoms with van der Waals surface area (Å²) in [6.07, 6.45) is 6.53. The molecule has 0 saturated heterocycles. The van der Waals surface area contributed by atoms with Crippen LogP contribution in [0.5, 0.6) is 0 Å². The Bertz CT molecular complexity index is 820. The summed E-state index contributed by atoms with van der Waals surface area (Å²) in [6, 6.07) is 4.96. The minimum atomic E-state index is -3.20. The van der Waals surface area contributed by atoms with Crippen LogP contribution < -0.4 is 10.6 Å². The minimum absolute atomic E-state index is 0.111. The van der Waals surface area contributed by atoms with Gasteiger partial charge in [-0.1, -0.05) is 6.07 Å². The highest BCUT2D eigenvalue weighted by atomic mass is 32.2. The second kappa shape index (κ2) is 9.89. The summed E-state index contributed by atoms with van der Waals surface area (Å²) in [5.74, 6) is 1.06. The van der Waals surface area contributed by atoms with Gasteiger partial charge in [0.05, 0.1) is 12.3 Å². The van der Waals surface area contributed by atoms with Gasteiger partial charge in [-0.3, -0.25) is 4.90 Å². The van der Waals surface area contributed by atoms with Crippen molar-refractivity contribution in [1.82, 2.24) is 15.5 Å². The molecule has 29 heavy (non-hydrogen) atoms. The number of sulfone groups is 1. The summed E-state index contributed by atoms with van der Waals surface area (Å²) in [6.45, 7) is 5.95. The molecule has 6 nitrogen and oxygen atoms in total. The molecule has 2 fully saturated rings. The molecule has 0 amide bonds. The van der Waals surface area contributed by atoms with Crippen LogP contribution in [0.25, 0.3) is 0 Å². The van der Waals surface area contributed by atoms with Crippen LogP contribution in [0, 0.1) is 11.7 Å². The van der Waals surface area contributed by atoms with Gasteiger partial charge in [-0.2, -0.15) is 0 Å². The molecular formula is C21H33FN4O2S. The molecule has 2 aliphatic carbocycles. The topological polar surface area (TPSA) is 73.8 Å². The predicted molar refractivity (Wildman–Crippen MR) is 115 cm³/mol. The molecule has 0 spiro atoms. The van der Waals surface area contributed by atoms with E-state index in [1.807, 2.05) is 6.92 Å². The second-order valence-electron chi connectivity index (χ2n) is 8.27. The van der Waals surface area contributed by atoms with Gasteiger partial charge in [-0.15, -0.1) is 0 Å². The van der Waals surface area contributed by atoms with E-state index in [2.05, 4.69) is 20.5 Å². The molecule has 162 valence electrons. The molecular weight excluding hydrogens is 391 g/mol. The van der Waals surface area contributed by atoms with E-state index in [1.165, 1.54) is 56.7 Å². The van der Waals surface area contributed by atoms with E-state index >= 15 is 0 Å². The lowest BCUT2D eigenvalue weighted by Crippen LogP contribution is -2.42. The van der Waals surface area contributed by atoms with E-state index in [4.69, 9.17) is 0 Å². The molecule has 0 bridgehead atoms. The number of aliphatic imine (C=N–C) groups is 1. The van der Waals surface area contributed by atoms with Gasteiger partial charge in [-0.25, -0.2) is 17.8 Å². The Balaban J connectivity index is 1.59. The molecule has 0 atom stereocenters. The third-order valence-corrected chi connectivity index (χ3v) is 6.12. The number of hydrogen-bond donors (Lipinski definition) is 2. The first-order chi connectivity index (χ1) is 13.8. The molecule has 0 aromatic heterocycles. The average Bonchev–Trinajstić information content (AvgIpc) is 3.52. The Kier molecular flexibility index (Phi) is 7.51. The van der Waals surface area contributed by atoms with Crippen LogP contribution in [0.3, 0.4) is 0 Å². The quantitative estimate of drug-likeness (QED) is 0.421. The van der Waals surface area contributed by atoms with E-state index in [9.17, 15) is 12.8 Å². The highest BCUT2D eigenvalue weighted by Gasteiger charge is 2.33. The van der Waals surface area contributed by atoms with E-state index in [-0.39, 0.29) is 18.1 Å². The summed E-state index contributed by atoms with van der Waals surface area (Å²) in [4.78, 5) is 7.15. The number of benzene rings is 1. The van der Waals surface area contributed by atoms with Crippen LogP contribution in [0.1, 0.15) is 43.7 Å². The van der Waals surface area contributed by atoms with Gasteiger partial charge in [0, 0.05) is 38.5 Å². The lowest BCUT2D eigenvalue weighted by molar-refractivity contribution is 0.256. The molecule has 0 heterocycles. The number of halogens is 1. The van der Waals surface area contributed by atoms with Crippen molar-refractivity contribution < 1.29 is 12.8 Å². The summed E-state index contributed by atoms with van der Waals surface area (Å²) in [5, 5.41) is 6.58. The smallest absolute Gasteiger partial charge is 0.191 e. The highest BCUT2D eigenvalue weighted by molar-refractivity contribution is 7.89. The SMILES string of the molecule is CCNC(=NCc1cc(F)ccc1CS(C)(=O)=O)NCCN(CC1CC1)C1CC1.